The maximum atomic E-state index is 12.0. The number of aliphatic carboxylic acids is 1. The van der Waals surface area contributed by atoms with Crippen molar-refractivity contribution >= 4 is 5.97 Å². The van der Waals surface area contributed by atoms with Crippen LogP contribution in [0.2, 0.25) is 0 Å². The Kier molecular flexibility index (Phi) is 3.73. The van der Waals surface area contributed by atoms with Crippen LogP contribution in [-0.4, -0.2) is 11.1 Å². The zero-order valence-electron chi connectivity index (χ0n) is 14.7. The van der Waals surface area contributed by atoms with E-state index in [-0.39, 0.29) is 5.41 Å². The summed E-state index contributed by atoms with van der Waals surface area (Å²) in [4.78, 5) is 12.0. The molecule has 3 aliphatic carbocycles. The minimum Gasteiger partial charge on any atom is -0.481 e. The number of rotatable bonds is 2. The summed E-state index contributed by atoms with van der Waals surface area (Å²) in [5, 5.41) is 9.85. The van der Waals surface area contributed by atoms with Gasteiger partial charge in [0.1, 0.15) is 0 Å². The van der Waals surface area contributed by atoms with Gasteiger partial charge in [0.05, 0.1) is 5.41 Å². The van der Waals surface area contributed by atoms with Crippen LogP contribution < -0.4 is 0 Å². The predicted molar refractivity (Wildman–Crippen MR) is 89.6 cm³/mol. The summed E-state index contributed by atoms with van der Waals surface area (Å²) in [5.74, 6) is 0.366. The van der Waals surface area contributed by atoms with E-state index in [1.54, 1.807) is 5.57 Å². The van der Waals surface area contributed by atoms with Crippen molar-refractivity contribution in [3.05, 3.63) is 11.6 Å². The first-order chi connectivity index (χ1) is 10.3. The predicted octanol–water partition coefficient (Wildman–Crippen LogP) is 5.43. The summed E-state index contributed by atoms with van der Waals surface area (Å²) in [7, 11) is 0. The van der Waals surface area contributed by atoms with Crippen LogP contribution in [0.3, 0.4) is 0 Å². The van der Waals surface area contributed by atoms with E-state index >= 15 is 0 Å². The Balaban J connectivity index is 1.96. The second-order valence-corrected chi connectivity index (χ2v) is 9.08. The molecule has 0 amide bonds. The molecule has 2 fully saturated rings. The Morgan fingerprint density at radius 3 is 2.64 bits per heavy atom. The first-order valence-electron chi connectivity index (χ1n) is 9.17. The third kappa shape index (κ3) is 2.17. The molecule has 2 saturated carbocycles. The highest BCUT2D eigenvalue weighted by molar-refractivity contribution is 5.75. The molecule has 22 heavy (non-hydrogen) atoms. The van der Waals surface area contributed by atoms with Gasteiger partial charge in [-0.15, -0.1) is 0 Å². The standard InChI is InChI=1S/C20H32O2/c1-5-18(2)12-9-15-14(13-18)7-8-16-19(15,3)10-6-11-20(16,4)17(21)22/h7,15-16H,5-6,8-13H2,1-4H3,(H,21,22)/t15?,16?,18-,19+,20+/m0/s1. The highest BCUT2D eigenvalue weighted by atomic mass is 16.4. The molecule has 124 valence electrons. The third-order valence-corrected chi connectivity index (χ3v) is 7.85. The Morgan fingerprint density at radius 1 is 1.27 bits per heavy atom. The van der Waals surface area contributed by atoms with Crippen molar-refractivity contribution in [3.63, 3.8) is 0 Å². The quantitative estimate of drug-likeness (QED) is 0.691. The molecule has 0 saturated heterocycles. The number of carboxylic acids is 1. The van der Waals surface area contributed by atoms with Gasteiger partial charge in [-0.05, 0) is 68.1 Å². The molecule has 3 rings (SSSR count). The molecule has 2 unspecified atom stereocenters. The van der Waals surface area contributed by atoms with Gasteiger partial charge >= 0.3 is 5.97 Å². The zero-order chi connectivity index (χ0) is 16.2. The molecule has 0 aliphatic heterocycles. The summed E-state index contributed by atoms with van der Waals surface area (Å²) in [6, 6.07) is 0. The van der Waals surface area contributed by atoms with Crippen LogP contribution in [0.15, 0.2) is 11.6 Å². The summed E-state index contributed by atoms with van der Waals surface area (Å²) in [6.07, 6.45) is 11.6. The minimum absolute atomic E-state index is 0.199. The summed E-state index contributed by atoms with van der Waals surface area (Å²) in [5.41, 5.74) is 1.80. The van der Waals surface area contributed by atoms with Crippen molar-refractivity contribution < 1.29 is 9.90 Å². The molecule has 0 aromatic carbocycles. The average molecular weight is 304 g/mol. The number of carboxylic acid groups (broad SMARTS) is 1. The van der Waals surface area contributed by atoms with Crippen LogP contribution in [0, 0.1) is 28.1 Å². The lowest BCUT2D eigenvalue weighted by Gasteiger charge is -2.58. The molecule has 3 aliphatic rings. The average Bonchev–Trinajstić information content (AvgIpc) is 2.46. The van der Waals surface area contributed by atoms with E-state index in [4.69, 9.17) is 0 Å². The minimum atomic E-state index is -0.575. The fraction of sp³-hybridized carbons (Fsp3) is 0.850. The molecule has 1 N–H and O–H groups in total. The molecule has 0 spiro atoms. The Hall–Kier alpha value is -0.790. The zero-order valence-corrected chi connectivity index (χ0v) is 14.7. The highest BCUT2D eigenvalue weighted by Gasteiger charge is 2.58. The van der Waals surface area contributed by atoms with Gasteiger partial charge in [0.2, 0.25) is 0 Å². The molecule has 0 aromatic rings. The molecule has 0 radical (unpaired) electrons. The second-order valence-electron chi connectivity index (χ2n) is 9.08. The fourth-order valence-corrected chi connectivity index (χ4v) is 6.04. The smallest absolute Gasteiger partial charge is 0.309 e. The van der Waals surface area contributed by atoms with E-state index < -0.39 is 11.4 Å². The topological polar surface area (TPSA) is 37.3 Å². The molecular formula is C20H32O2. The van der Waals surface area contributed by atoms with Crippen LogP contribution >= 0.6 is 0 Å². The Morgan fingerprint density at radius 2 is 2.00 bits per heavy atom. The maximum Gasteiger partial charge on any atom is 0.309 e. The Labute approximate surface area is 135 Å². The van der Waals surface area contributed by atoms with Crippen LogP contribution in [0.5, 0.6) is 0 Å². The van der Waals surface area contributed by atoms with E-state index in [1.165, 1.54) is 32.1 Å². The van der Waals surface area contributed by atoms with E-state index in [9.17, 15) is 9.90 Å². The number of hydrogen-bond acceptors (Lipinski definition) is 1. The molecule has 2 heteroatoms. The van der Waals surface area contributed by atoms with E-state index in [1.807, 2.05) is 6.92 Å². The van der Waals surface area contributed by atoms with Crippen LogP contribution in [0.4, 0.5) is 0 Å². The molecule has 0 bridgehead atoms. The lowest BCUT2D eigenvalue weighted by atomic mass is 9.45. The Bertz CT molecular complexity index is 508. The SMILES string of the molecule is CC[C@@]1(C)CCC2C(=CCC3[C@]2(C)CCC[C@@]3(C)C(=O)O)C1. The normalized spacial score (nSPS) is 48.1. The monoisotopic (exact) mass is 304 g/mol. The lowest BCUT2D eigenvalue weighted by Crippen LogP contribution is -2.53. The first-order valence-corrected chi connectivity index (χ1v) is 9.17. The van der Waals surface area contributed by atoms with Gasteiger partial charge in [-0.25, -0.2) is 0 Å². The van der Waals surface area contributed by atoms with Crippen molar-refractivity contribution in [1.29, 1.82) is 0 Å². The molecule has 0 aromatic heterocycles. The van der Waals surface area contributed by atoms with Crippen molar-refractivity contribution in [2.24, 2.45) is 28.1 Å². The largest absolute Gasteiger partial charge is 0.481 e. The van der Waals surface area contributed by atoms with E-state index in [2.05, 4.69) is 26.8 Å². The second kappa shape index (κ2) is 5.11. The maximum absolute atomic E-state index is 12.0. The molecule has 0 heterocycles. The van der Waals surface area contributed by atoms with Crippen LogP contribution in [-0.2, 0) is 4.79 Å². The van der Waals surface area contributed by atoms with Crippen molar-refractivity contribution in [1.82, 2.24) is 0 Å². The summed E-state index contributed by atoms with van der Waals surface area (Å²) < 4.78 is 0. The van der Waals surface area contributed by atoms with Crippen molar-refractivity contribution in [2.75, 3.05) is 0 Å². The van der Waals surface area contributed by atoms with Crippen molar-refractivity contribution in [2.45, 2.75) is 79.1 Å². The van der Waals surface area contributed by atoms with Crippen LogP contribution in [0.25, 0.3) is 0 Å². The number of hydrogen-bond donors (Lipinski definition) is 1. The number of carbonyl (C=O) groups is 1. The van der Waals surface area contributed by atoms with Gasteiger partial charge in [0.25, 0.3) is 0 Å². The first kappa shape index (κ1) is 16.1. The molecule has 2 nitrogen and oxygen atoms in total. The van der Waals surface area contributed by atoms with Crippen molar-refractivity contribution in [3.8, 4) is 0 Å². The highest BCUT2D eigenvalue weighted by Crippen LogP contribution is 2.63. The number of fused-ring (bicyclic) bond motifs is 3. The summed E-state index contributed by atoms with van der Waals surface area (Å²) in [6.45, 7) is 9.16. The van der Waals surface area contributed by atoms with Gasteiger partial charge in [0.15, 0.2) is 0 Å². The fourth-order valence-electron chi connectivity index (χ4n) is 6.04. The van der Waals surface area contributed by atoms with Gasteiger partial charge in [-0.3, -0.25) is 4.79 Å². The molecular weight excluding hydrogens is 272 g/mol. The summed E-state index contributed by atoms with van der Waals surface area (Å²) >= 11 is 0. The third-order valence-electron chi connectivity index (χ3n) is 7.85. The lowest BCUT2D eigenvalue weighted by molar-refractivity contribution is -0.163. The number of allylic oxidation sites excluding steroid dienone is 2. The van der Waals surface area contributed by atoms with Gasteiger partial charge in [0, 0.05) is 0 Å². The van der Waals surface area contributed by atoms with E-state index in [0.29, 0.717) is 17.3 Å². The van der Waals surface area contributed by atoms with Gasteiger partial charge in [-0.1, -0.05) is 45.3 Å². The van der Waals surface area contributed by atoms with Gasteiger partial charge in [-0.2, -0.15) is 0 Å². The van der Waals surface area contributed by atoms with Gasteiger partial charge < -0.3 is 5.11 Å². The van der Waals surface area contributed by atoms with E-state index in [0.717, 1.165) is 19.3 Å². The van der Waals surface area contributed by atoms with Crippen LogP contribution in [0.1, 0.15) is 79.1 Å². The molecule has 5 atom stereocenters.